The molecule has 8 nitrogen and oxygen atoms in total. The van der Waals surface area contributed by atoms with Crippen molar-refractivity contribution in [1.29, 1.82) is 0 Å². The molecule has 1 N–H and O–H groups in total. The van der Waals surface area contributed by atoms with Crippen LogP contribution in [0.15, 0.2) is 36.4 Å². The number of hydrogen-bond acceptors (Lipinski definition) is 6. The van der Waals surface area contributed by atoms with Gasteiger partial charge in [-0.3, -0.25) is 9.59 Å². The fraction of sp³-hybridized carbons (Fsp3) is 0.618. The first kappa shape index (κ1) is 31.6. The van der Waals surface area contributed by atoms with E-state index in [4.69, 9.17) is 9.72 Å². The molecule has 4 fully saturated rings. The molecular weight excluding hydrogens is 583 g/mol. The number of aromatic nitrogens is 1. The summed E-state index contributed by atoms with van der Waals surface area (Å²) in [5, 5.41) is 3.20. The van der Waals surface area contributed by atoms with Crippen LogP contribution in [-0.4, -0.2) is 91.2 Å². The number of nitrogens with one attached hydrogen (secondary N) is 1. The van der Waals surface area contributed by atoms with Gasteiger partial charge in [-0.15, -0.1) is 0 Å². The summed E-state index contributed by atoms with van der Waals surface area (Å²) in [6.07, 6.45) is -2.11. The number of ether oxygens (including phenoxy) is 1. The van der Waals surface area contributed by atoms with Gasteiger partial charge in [-0.05, 0) is 89.7 Å². The van der Waals surface area contributed by atoms with E-state index in [1.165, 1.54) is 0 Å². The summed E-state index contributed by atoms with van der Waals surface area (Å²) in [7, 11) is 2.04. The van der Waals surface area contributed by atoms with Crippen molar-refractivity contribution in [2.75, 3.05) is 51.3 Å². The number of piperazine rings is 1. The third kappa shape index (κ3) is 5.77. The Morgan fingerprint density at radius 3 is 2.42 bits per heavy atom. The van der Waals surface area contributed by atoms with E-state index >= 15 is 0 Å². The number of para-hydroxylation sites is 1. The number of likely N-dealkylation sites (tertiary alicyclic amines) is 1. The number of carbonyl (C=O) groups excluding carboxylic acids is 2. The number of hydrogen-bond donors (Lipinski definition) is 1. The number of pyridine rings is 1. The molecule has 45 heavy (non-hydrogen) atoms. The van der Waals surface area contributed by atoms with E-state index in [1.54, 1.807) is 4.90 Å². The first-order valence-corrected chi connectivity index (χ1v) is 16.3. The lowest BCUT2D eigenvalue weighted by atomic mass is 9.81. The Hall–Kier alpha value is -3.34. The normalized spacial score (nSPS) is 28.5. The van der Waals surface area contributed by atoms with Crippen molar-refractivity contribution in [3.05, 3.63) is 42.1 Å². The summed E-state index contributed by atoms with van der Waals surface area (Å²) in [5.74, 6) is 0.317. The lowest BCUT2D eigenvalue weighted by Crippen LogP contribution is -2.57. The summed E-state index contributed by atoms with van der Waals surface area (Å²) in [6.45, 7) is 7.39. The summed E-state index contributed by atoms with van der Waals surface area (Å²) in [6, 6.07) is 11.4. The minimum atomic E-state index is -4.27. The van der Waals surface area contributed by atoms with Gasteiger partial charge in [-0.25, -0.2) is 4.98 Å². The monoisotopic (exact) mass is 627 g/mol. The molecule has 6 rings (SSSR count). The van der Waals surface area contributed by atoms with E-state index < -0.39 is 17.0 Å². The lowest BCUT2D eigenvalue weighted by molar-refractivity contribution is -0.220. The number of nitrogens with zero attached hydrogens (tertiary/aromatic N) is 4. The van der Waals surface area contributed by atoms with Crippen LogP contribution in [0.2, 0.25) is 0 Å². The molecule has 2 saturated heterocycles. The summed E-state index contributed by atoms with van der Waals surface area (Å²) in [5.41, 5.74) is -0.164. The molecular formula is C34H44F3N5O3. The standard InChI is InChI=1S/C34H44F3N5O3/c1-4-24-21-41(31(44)32-13-15-33(22-32,16-14-32)34(35,36)37)18-19-42(24)27-11-10-26(25-8-6-7-9-28(25)45-5-2)39-29(27)30(43)38-23-12-17-40(3)20-23/h6-11,23-24H,4-5,12-22H2,1-3H3,(H,38,43)/t23-,24-,32?,33?/m1/s1. The lowest BCUT2D eigenvalue weighted by Gasteiger charge is -2.45. The predicted molar refractivity (Wildman–Crippen MR) is 166 cm³/mol. The van der Waals surface area contributed by atoms with Gasteiger partial charge in [0.15, 0.2) is 5.69 Å². The third-order valence-electron chi connectivity index (χ3n) is 10.7. The number of fused-ring (bicyclic) bond motifs is 2. The summed E-state index contributed by atoms with van der Waals surface area (Å²) < 4.78 is 47.7. The second-order valence-corrected chi connectivity index (χ2v) is 13.5. The smallest absolute Gasteiger partial charge is 0.394 e. The van der Waals surface area contributed by atoms with E-state index in [0.717, 1.165) is 25.1 Å². The van der Waals surface area contributed by atoms with Gasteiger partial charge in [0, 0.05) is 43.8 Å². The van der Waals surface area contributed by atoms with Crippen LogP contribution in [0.3, 0.4) is 0 Å². The Labute approximate surface area is 263 Å². The number of likely N-dealkylation sites (N-methyl/N-ethyl adjacent to an activating group) is 1. The molecule has 0 radical (unpaired) electrons. The van der Waals surface area contributed by atoms with Crippen LogP contribution < -0.4 is 15.0 Å². The van der Waals surface area contributed by atoms with Crippen molar-refractivity contribution in [2.24, 2.45) is 10.8 Å². The highest BCUT2D eigenvalue weighted by molar-refractivity contribution is 5.99. The van der Waals surface area contributed by atoms with Crippen LogP contribution in [0, 0.1) is 10.8 Å². The summed E-state index contributed by atoms with van der Waals surface area (Å²) in [4.78, 5) is 38.8. The molecule has 1 aromatic heterocycles. The number of anilines is 1. The van der Waals surface area contributed by atoms with Gasteiger partial charge in [-0.1, -0.05) is 19.1 Å². The molecule has 0 unspecified atom stereocenters. The van der Waals surface area contributed by atoms with E-state index in [9.17, 15) is 22.8 Å². The minimum absolute atomic E-state index is 0.0221. The first-order chi connectivity index (χ1) is 21.5. The van der Waals surface area contributed by atoms with Gasteiger partial charge >= 0.3 is 6.18 Å². The SMILES string of the molecule is CCOc1ccccc1-c1ccc(N2CCN(C(=O)C34CCC(C(F)(F)F)(CC3)C4)C[C@H]2CC)c(C(=O)N[C@@H]2CCN(C)C2)n1. The van der Waals surface area contributed by atoms with E-state index in [2.05, 4.69) is 15.1 Å². The minimum Gasteiger partial charge on any atom is -0.493 e. The maximum Gasteiger partial charge on any atom is 0.394 e. The molecule has 2 atom stereocenters. The van der Waals surface area contributed by atoms with Crippen LogP contribution in [0.4, 0.5) is 18.9 Å². The zero-order valence-corrected chi connectivity index (χ0v) is 26.5. The molecule has 2 aromatic rings. The van der Waals surface area contributed by atoms with E-state index in [0.29, 0.717) is 68.3 Å². The molecule has 2 aliphatic carbocycles. The number of benzene rings is 1. The molecule has 0 spiro atoms. The number of carbonyl (C=O) groups is 2. The first-order valence-electron chi connectivity index (χ1n) is 16.3. The Morgan fingerprint density at radius 1 is 1.02 bits per heavy atom. The van der Waals surface area contributed by atoms with Gasteiger partial charge in [0.25, 0.3) is 5.91 Å². The highest BCUT2D eigenvalue weighted by Crippen LogP contribution is 2.67. The largest absolute Gasteiger partial charge is 0.493 e. The average molecular weight is 628 g/mol. The molecule has 2 aliphatic heterocycles. The number of amides is 2. The van der Waals surface area contributed by atoms with Crippen molar-refractivity contribution in [3.8, 4) is 17.0 Å². The highest BCUT2D eigenvalue weighted by Gasteiger charge is 2.68. The van der Waals surface area contributed by atoms with E-state index in [1.807, 2.05) is 57.3 Å². The Bertz CT molecular complexity index is 1420. The van der Waals surface area contributed by atoms with Gasteiger partial charge in [0.1, 0.15) is 5.75 Å². The highest BCUT2D eigenvalue weighted by atomic mass is 19.4. The second-order valence-electron chi connectivity index (χ2n) is 13.5. The quantitative estimate of drug-likeness (QED) is 0.416. The predicted octanol–water partition coefficient (Wildman–Crippen LogP) is 5.52. The molecule has 1 aromatic carbocycles. The van der Waals surface area contributed by atoms with Gasteiger partial charge < -0.3 is 24.8 Å². The van der Waals surface area contributed by atoms with Crippen molar-refractivity contribution < 1.29 is 27.5 Å². The Balaban J connectivity index is 1.27. The maximum atomic E-state index is 13.9. The fourth-order valence-corrected chi connectivity index (χ4v) is 8.19. The topological polar surface area (TPSA) is 78.0 Å². The number of alkyl halides is 3. The van der Waals surface area contributed by atoms with Crippen LogP contribution >= 0.6 is 0 Å². The van der Waals surface area contributed by atoms with Crippen molar-refractivity contribution in [1.82, 2.24) is 20.1 Å². The van der Waals surface area contributed by atoms with Crippen LogP contribution in [-0.2, 0) is 4.79 Å². The molecule has 244 valence electrons. The van der Waals surface area contributed by atoms with Crippen molar-refractivity contribution >= 4 is 17.5 Å². The van der Waals surface area contributed by atoms with Crippen LogP contribution in [0.1, 0.15) is 69.3 Å². The van der Waals surface area contributed by atoms with Crippen LogP contribution in [0.25, 0.3) is 11.3 Å². The Morgan fingerprint density at radius 2 is 1.78 bits per heavy atom. The van der Waals surface area contributed by atoms with Crippen molar-refractivity contribution in [2.45, 2.75) is 77.1 Å². The average Bonchev–Trinajstić information content (AvgIpc) is 3.75. The van der Waals surface area contributed by atoms with Gasteiger partial charge in [0.2, 0.25) is 5.91 Å². The van der Waals surface area contributed by atoms with Gasteiger partial charge in [0.05, 0.1) is 28.8 Å². The maximum absolute atomic E-state index is 13.9. The third-order valence-corrected chi connectivity index (χ3v) is 10.7. The number of rotatable bonds is 8. The van der Waals surface area contributed by atoms with Gasteiger partial charge in [-0.2, -0.15) is 13.2 Å². The molecule has 2 amide bonds. The Kier molecular flexibility index (Phi) is 8.52. The molecule has 2 saturated carbocycles. The van der Waals surface area contributed by atoms with Crippen LogP contribution in [0.5, 0.6) is 5.75 Å². The second kappa shape index (κ2) is 12.1. The van der Waals surface area contributed by atoms with E-state index in [-0.39, 0.29) is 43.2 Å². The van der Waals surface area contributed by atoms with Crippen molar-refractivity contribution in [3.63, 3.8) is 0 Å². The summed E-state index contributed by atoms with van der Waals surface area (Å²) >= 11 is 0. The zero-order chi connectivity index (χ0) is 32.0. The fourth-order valence-electron chi connectivity index (χ4n) is 8.19. The number of halogens is 3. The zero-order valence-electron chi connectivity index (χ0n) is 26.5. The molecule has 4 aliphatic rings. The molecule has 2 bridgehead atoms. The molecule has 3 heterocycles. The molecule has 11 heteroatoms.